The second-order valence-electron chi connectivity index (χ2n) is 5.14. The second-order valence-corrected chi connectivity index (χ2v) is 5.14. The van der Waals surface area contributed by atoms with E-state index in [0.717, 1.165) is 5.92 Å². The summed E-state index contributed by atoms with van der Waals surface area (Å²) < 4.78 is 0. The van der Waals surface area contributed by atoms with Crippen LogP contribution < -0.4 is 5.32 Å². The Morgan fingerprint density at radius 3 is 2.00 bits per heavy atom. The first-order valence-corrected chi connectivity index (χ1v) is 7.64. The van der Waals surface area contributed by atoms with Crippen LogP contribution in [0.15, 0.2) is 30.3 Å². The Bertz CT molecular complexity index is 271. The minimum atomic E-state index is 0.799. The van der Waals surface area contributed by atoms with Crippen LogP contribution in [0.3, 0.4) is 0 Å². The maximum absolute atomic E-state index is 3.38. The zero-order valence-electron chi connectivity index (χ0n) is 12.1. The molecule has 1 aromatic carbocycles. The van der Waals surface area contributed by atoms with E-state index in [1.54, 1.807) is 0 Å². The van der Waals surface area contributed by atoms with E-state index in [9.17, 15) is 0 Å². The maximum Gasteiger partial charge on any atom is -0.00431 e. The third-order valence-electron chi connectivity index (χ3n) is 3.57. The van der Waals surface area contributed by atoms with Crippen LogP contribution in [0.2, 0.25) is 0 Å². The number of rotatable bonds is 4. The van der Waals surface area contributed by atoms with E-state index >= 15 is 0 Å². The fourth-order valence-corrected chi connectivity index (χ4v) is 2.38. The van der Waals surface area contributed by atoms with Gasteiger partial charge in [0, 0.05) is 0 Å². The minimum Gasteiger partial charge on any atom is -0.317 e. The SMILES string of the molecule is CCCCCC.c1ccc(C2CCNCC2)cc1. The van der Waals surface area contributed by atoms with E-state index < -0.39 is 0 Å². The Kier molecular flexibility index (Phi) is 8.58. The molecule has 0 amide bonds. The molecule has 102 valence electrons. The van der Waals surface area contributed by atoms with Crippen molar-refractivity contribution >= 4 is 0 Å². The van der Waals surface area contributed by atoms with Gasteiger partial charge in [-0.05, 0) is 37.4 Å². The lowest BCUT2D eigenvalue weighted by molar-refractivity contribution is 0.460. The van der Waals surface area contributed by atoms with Gasteiger partial charge in [-0.25, -0.2) is 0 Å². The predicted molar refractivity (Wildman–Crippen MR) is 81.1 cm³/mol. The largest absolute Gasteiger partial charge is 0.317 e. The predicted octanol–water partition coefficient (Wildman–Crippen LogP) is 4.74. The molecule has 0 aliphatic carbocycles. The summed E-state index contributed by atoms with van der Waals surface area (Å²) in [5.41, 5.74) is 1.51. The van der Waals surface area contributed by atoms with Crippen LogP contribution in [0.1, 0.15) is 63.9 Å². The average molecular weight is 247 g/mol. The molecule has 0 aromatic heterocycles. The molecule has 1 heteroatoms. The van der Waals surface area contributed by atoms with Crippen molar-refractivity contribution in [3.05, 3.63) is 35.9 Å². The van der Waals surface area contributed by atoms with Gasteiger partial charge in [-0.2, -0.15) is 0 Å². The number of hydrogen-bond donors (Lipinski definition) is 1. The highest BCUT2D eigenvalue weighted by molar-refractivity contribution is 5.19. The summed E-state index contributed by atoms with van der Waals surface area (Å²) in [5, 5.41) is 3.38. The first-order chi connectivity index (χ1) is 8.88. The summed E-state index contributed by atoms with van der Waals surface area (Å²) in [6, 6.07) is 10.9. The van der Waals surface area contributed by atoms with Gasteiger partial charge in [0.25, 0.3) is 0 Å². The maximum atomic E-state index is 3.38. The van der Waals surface area contributed by atoms with E-state index in [0.29, 0.717) is 0 Å². The normalized spacial score (nSPS) is 15.9. The molecule has 1 aliphatic rings. The molecule has 2 rings (SSSR count). The minimum absolute atomic E-state index is 0.799. The number of benzene rings is 1. The molecule has 1 N–H and O–H groups in total. The van der Waals surface area contributed by atoms with Crippen molar-refractivity contribution in [2.24, 2.45) is 0 Å². The van der Waals surface area contributed by atoms with Crippen molar-refractivity contribution in [2.45, 2.75) is 58.3 Å². The van der Waals surface area contributed by atoms with Gasteiger partial charge >= 0.3 is 0 Å². The summed E-state index contributed by atoms with van der Waals surface area (Å²) in [6.45, 7) is 6.82. The zero-order valence-corrected chi connectivity index (χ0v) is 12.1. The molecule has 0 atom stereocenters. The van der Waals surface area contributed by atoms with Crippen molar-refractivity contribution in [3.63, 3.8) is 0 Å². The highest BCUT2D eigenvalue weighted by Crippen LogP contribution is 2.24. The molecular formula is C17H29N. The first-order valence-electron chi connectivity index (χ1n) is 7.64. The molecule has 0 unspecified atom stereocenters. The van der Waals surface area contributed by atoms with Crippen LogP contribution in [0.4, 0.5) is 0 Å². The molecular weight excluding hydrogens is 218 g/mol. The third kappa shape index (κ3) is 6.20. The van der Waals surface area contributed by atoms with Crippen molar-refractivity contribution in [2.75, 3.05) is 13.1 Å². The Balaban J connectivity index is 0.000000232. The fourth-order valence-electron chi connectivity index (χ4n) is 2.38. The van der Waals surface area contributed by atoms with Gasteiger partial charge in [0.15, 0.2) is 0 Å². The number of nitrogens with one attached hydrogen (secondary N) is 1. The highest BCUT2D eigenvalue weighted by Gasteiger charge is 2.13. The lowest BCUT2D eigenvalue weighted by atomic mass is 9.90. The van der Waals surface area contributed by atoms with Gasteiger partial charge < -0.3 is 5.32 Å². The van der Waals surface area contributed by atoms with Crippen LogP contribution in [-0.2, 0) is 0 Å². The van der Waals surface area contributed by atoms with E-state index in [4.69, 9.17) is 0 Å². The molecule has 0 saturated carbocycles. The highest BCUT2D eigenvalue weighted by atomic mass is 14.9. The van der Waals surface area contributed by atoms with Crippen LogP contribution >= 0.6 is 0 Å². The fraction of sp³-hybridized carbons (Fsp3) is 0.647. The zero-order chi connectivity index (χ0) is 13.1. The monoisotopic (exact) mass is 247 g/mol. The van der Waals surface area contributed by atoms with Crippen LogP contribution in [0.5, 0.6) is 0 Å². The van der Waals surface area contributed by atoms with Gasteiger partial charge in [0.05, 0.1) is 0 Å². The lowest BCUT2D eigenvalue weighted by Gasteiger charge is -2.22. The average Bonchev–Trinajstić information content (AvgIpc) is 2.48. The smallest absolute Gasteiger partial charge is 0.00431 e. The molecule has 1 saturated heterocycles. The topological polar surface area (TPSA) is 12.0 Å². The standard InChI is InChI=1S/C11H15N.C6H14/c1-2-4-10(5-3-1)11-6-8-12-9-7-11;1-3-5-6-4-2/h1-5,11-12H,6-9H2;3-6H2,1-2H3. The Morgan fingerprint density at radius 2 is 1.50 bits per heavy atom. The molecule has 18 heavy (non-hydrogen) atoms. The molecule has 1 aliphatic heterocycles. The summed E-state index contributed by atoms with van der Waals surface area (Å²) in [5.74, 6) is 0.799. The Hall–Kier alpha value is -0.820. The van der Waals surface area contributed by atoms with Gasteiger partial charge in [-0.15, -0.1) is 0 Å². The van der Waals surface area contributed by atoms with Gasteiger partial charge in [-0.3, -0.25) is 0 Å². The van der Waals surface area contributed by atoms with Crippen LogP contribution in [0, 0.1) is 0 Å². The van der Waals surface area contributed by atoms with Crippen LogP contribution in [-0.4, -0.2) is 13.1 Å². The van der Waals surface area contributed by atoms with Gasteiger partial charge in [0.1, 0.15) is 0 Å². The van der Waals surface area contributed by atoms with Gasteiger partial charge in [0.2, 0.25) is 0 Å². The van der Waals surface area contributed by atoms with Crippen molar-refractivity contribution in [1.82, 2.24) is 5.32 Å². The molecule has 0 radical (unpaired) electrons. The number of hydrogen-bond acceptors (Lipinski definition) is 1. The van der Waals surface area contributed by atoms with E-state index in [1.165, 1.54) is 57.2 Å². The Morgan fingerprint density at radius 1 is 0.944 bits per heavy atom. The quantitative estimate of drug-likeness (QED) is 0.758. The summed E-state index contributed by atoms with van der Waals surface area (Å²) in [7, 11) is 0. The second kappa shape index (κ2) is 10.1. The van der Waals surface area contributed by atoms with E-state index in [1.807, 2.05) is 0 Å². The van der Waals surface area contributed by atoms with Crippen molar-refractivity contribution in [3.8, 4) is 0 Å². The summed E-state index contributed by atoms with van der Waals surface area (Å²) >= 11 is 0. The molecule has 0 bridgehead atoms. The first kappa shape index (κ1) is 15.2. The Labute approximate surface area is 113 Å². The van der Waals surface area contributed by atoms with Gasteiger partial charge in [-0.1, -0.05) is 69.9 Å². The third-order valence-corrected chi connectivity index (χ3v) is 3.57. The molecule has 0 spiro atoms. The van der Waals surface area contributed by atoms with E-state index in [2.05, 4.69) is 49.5 Å². The van der Waals surface area contributed by atoms with Crippen molar-refractivity contribution < 1.29 is 0 Å². The lowest BCUT2D eigenvalue weighted by Crippen LogP contribution is -2.26. The number of piperidine rings is 1. The summed E-state index contributed by atoms with van der Waals surface area (Å²) in [4.78, 5) is 0. The summed E-state index contributed by atoms with van der Waals surface area (Å²) in [6.07, 6.45) is 8.13. The van der Waals surface area contributed by atoms with Crippen molar-refractivity contribution in [1.29, 1.82) is 0 Å². The molecule has 1 aromatic rings. The van der Waals surface area contributed by atoms with Crippen LogP contribution in [0.25, 0.3) is 0 Å². The molecule has 1 fully saturated rings. The molecule has 1 nitrogen and oxygen atoms in total. The molecule has 1 heterocycles. The van der Waals surface area contributed by atoms with E-state index in [-0.39, 0.29) is 0 Å². The number of unbranched alkanes of at least 4 members (excludes halogenated alkanes) is 3.